The lowest BCUT2D eigenvalue weighted by atomic mass is 10.0. The van der Waals surface area contributed by atoms with Crippen LogP contribution < -0.4 is 10.2 Å². The molecule has 2 atom stereocenters. The van der Waals surface area contributed by atoms with Gasteiger partial charge in [0, 0.05) is 43.8 Å². The second kappa shape index (κ2) is 11.5. The number of furan rings is 1. The number of non-ortho nitro benzene ring substituents is 1. The van der Waals surface area contributed by atoms with Crippen LogP contribution in [0.3, 0.4) is 0 Å². The van der Waals surface area contributed by atoms with Gasteiger partial charge in [0.2, 0.25) is 0 Å². The van der Waals surface area contributed by atoms with Gasteiger partial charge < -0.3 is 14.6 Å². The zero-order chi connectivity index (χ0) is 28.5. The summed E-state index contributed by atoms with van der Waals surface area (Å²) in [6, 6.07) is 30.2. The fourth-order valence-corrected chi connectivity index (χ4v) is 6.70. The molecule has 0 bridgehead atoms. The number of aromatic nitrogens is 1. The van der Waals surface area contributed by atoms with Gasteiger partial charge in [-0.3, -0.25) is 15.1 Å². The van der Waals surface area contributed by atoms with Gasteiger partial charge in [-0.1, -0.05) is 39.8 Å². The Bertz CT molecular complexity index is 1730. The van der Waals surface area contributed by atoms with Gasteiger partial charge in [0.05, 0.1) is 16.7 Å². The van der Waals surface area contributed by atoms with Crippen LogP contribution in [0, 0.1) is 17.0 Å². The summed E-state index contributed by atoms with van der Waals surface area (Å²) in [5, 5.41) is 15.0. The molecule has 0 unspecified atom stereocenters. The van der Waals surface area contributed by atoms with Crippen molar-refractivity contribution in [2.75, 3.05) is 4.90 Å². The standard InChI is InChI=1S/C31H23BrN4O3S2/c1-19-5-14-24(25(32)18-19)27-15-16-28(39-27)30-29(26-4-2-3-17-33-26)34-31(40)35(30)20-6-10-22(11-7-20)41-23-12-8-21(9-13-23)36(37)38/h2-18,29-30H,1H3,(H,34,40)/t29-,30-/m0/s1. The van der Waals surface area contributed by atoms with E-state index >= 15 is 0 Å². The van der Waals surface area contributed by atoms with E-state index in [2.05, 4.69) is 56.3 Å². The van der Waals surface area contributed by atoms with Crippen molar-refractivity contribution >= 4 is 56.4 Å². The predicted octanol–water partition coefficient (Wildman–Crippen LogP) is 8.65. The second-order valence-corrected chi connectivity index (χ2v) is 11.9. The molecule has 7 nitrogen and oxygen atoms in total. The molecular formula is C31H23BrN4O3S2. The van der Waals surface area contributed by atoms with Crippen molar-refractivity contribution in [3.63, 3.8) is 0 Å². The number of nitro groups is 1. The van der Waals surface area contributed by atoms with E-state index in [1.54, 1.807) is 18.3 Å². The first-order chi connectivity index (χ1) is 19.9. The minimum Gasteiger partial charge on any atom is -0.459 e. The van der Waals surface area contributed by atoms with E-state index in [4.69, 9.17) is 16.6 Å². The number of halogens is 1. The lowest BCUT2D eigenvalue weighted by molar-refractivity contribution is -0.384. The molecule has 3 aromatic carbocycles. The van der Waals surface area contributed by atoms with E-state index in [0.29, 0.717) is 5.11 Å². The second-order valence-electron chi connectivity index (χ2n) is 9.53. The largest absolute Gasteiger partial charge is 0.459 e. The summed E-state index contributed by atoms with van der Waals surface area (Å²) in [4.78, 5) is 19.2. The maximum absolute atomic E-state index is 11.0. The zero-order valence-electron chi connectivity index (χ0n) is 21.7. The minimum atomic E-state index is -0.396. The average Bonchev–Trinajstić information content (AvgIpc) is 3.59. The Hall–Kier alpha value is -3.99. The van der Waals surface area contributed by atoms with Crippen LogP contribution in [0.25, 0.3) is 11.3 Å². The number of nitrogens with one attached hydrogen (secondary N) is 1. The molecular weight excluding hydrogens is 620 g/mol. The highest BCUT2D eigenvalue weighted by atomic mass is 79.9. The molecule has 1 N–H and O–H groups in total. The summed E-state index contributed by atoms with van der Waals surface area (Å²) < 4.78 is 7.47. The molecule has 1 aliphatic heterocycles. The highest BCUT2D eigenvalue weighted by molar-refractivity contribution is 9.10. The number of rotatable bonds is 7. The lowest BCUT2D eigenvalue weighted by Gasteiger charge is -2.26. The maximum atomic E-state index is 11.0. The van der Waals surface area contributed by atoms with E-state index < -0.39 is 4.92 Å². The van der Waals surface area contributed by atoms with Crippen LogP contribution in [0.4, 0.5) is 11.4 Å². The number of hydrogen-bond acceptors (Lipinski definition) is 6. The van der Waals surface area contributed by atoms with Crippen molar-refractivity contribution in [2.24, 2.45) is 0 Å². The van der Waals surface area contributed by atoms with Crippen molar-refractivity contribution in [3.05, 3.63) is 135 Å². The Morgan fingerprint density at radius 3 is 2.39 bits per heavy atom. The number of pyridine rings is 1. The third-order valence-corrected chi connectivity index (χ3v) is 8.79. The number of aryl methyl sites for hydroxylation is 1. The summed E-state index contributed by atoms with van der Waals surface area (Å²) >= 11 is 11.1. The molecule has 2 aromatic heterocycles. The van der Waals surface area contributed by atoms with E-state index in [9.17, 15) is 10.1 Å². The maximum Gasteiger partial charge on any atom is 0.269 e. The molecule has 0 saturated carbocycles. The highest BCUT2D eigenvalue weighted by Gasteiger charge is 2.42. The van der Waals surface area contributed by atoms with Crippen molar-refractivity contribution in [1.29, 1.82) is 0 Å². The Morgan fingerprint density at radius 1 is 1.00 bits per heavy atom. The number of nitrogens with zero attached hydrogens (tertiary/aromatic N) is 3. The fraction of sp³-hybridized carbons (Fsp3) is 0.0968. The SMILES string of the molecule is Cc1ccc(-c2ccc([C@H]3[C@H](c4ccccn4)NC(=S)N3c3ccc(Sc4ccc([N+](=O)[O-])cc4)cc3)o2)c(Br)c1. The number of thiocarbonyl (C=S) groups is 1. The Morgan fingerprint density at radius 2 is 1.73 bits per heavy atom. The van der Waals surface area contributed by atoms with Gasteiger partial charge in [-0.05, 0) is 97.5 Å². The number of benzene rings is 3. The zero-order valence-corrected chi connectivity index (χ0v) is 24.9. The van der Waals surface area contributed by atoms with Gasteiger partial charge in [-0.25, -0.2) is 0 Å². The van der Waals surface area contributed by atoms with Crippen molar-refractivity contribution < 1.29 is 9.34 Å². The number of anilines is 1. The minimum absolute atomic E-state index is 0.0732. The normalized spacial score (nSPS) is 16.5. The molecule has 1 saturated heterocycles. The molecule has 1 aliphatic rings. The van der Waals surface area contributed by atoms with Gasteiger partial charge in [0.25, 0.3) is 5.69 Å². The van der Waals surface area contributed by atoms with Crippen LogP contribution in [0.1, 0.15) is 29.1 Å². The summed E-state index contributed by atoms with van der Waals surface area (Å²) in [6.07, 6.45) is 1.78. The summed E-state index contributed by atoms with van der Waals surface area (Å²) in [6.45, 7) is 2.05. The summed E-state index contributed by atoms with van der Waals surface area (Å²) in [5.41, 5.74) is 3.98. The van der Waals surface area contributed by atoms with Gasteiger partial charge in [0.1, 0.15) is 17.6 Å². The first-order valence-corrected chi connectivity index (χ1v) is 14.8. The van der Waals surface area contributed by atoms with Crippen molar-refractivity contribution in [1.82, 2.24) is 10.3 Å². The van der Waals surface area contributed by atoms with E-state index in [-0.39, 0.29) is 17.8 Å². The third-order valence-electron chi connectivity index (χ3n) is 6.80. The smallest absolute Gasteiger partial charge is 0.269 e. The molecule has 0 radical (unpaired) electrons. The Balaban J connectivity index is 1.33. The van der Waals surface area contributed by atoms with Crippen LogP contribution in [0.15, 0.2) is 122 Å². The highest BCUT2D eigenvalue weighted by Crippen LogP contribution is 2.44. The number of nitro benzene ring substituents is 1. The summed E-state index contributed by atoms with van der Waals surface area (Å²) in [5.74, 6) is 1.53. The first-order valence-electron chi connectivity index (χ1n) is 12.8. The lowest BCUT2D eigenvalue weighted by Crippen LogP contribution is -2.29. The van der Waals surface area contributed by atoms with E-state index in [0.717, 1.165) is 48.3 Å². The van der Waals surface area contributed by atoms with E-state index in [1.165, 1.54) is 23.9 Å². The molecule has 5 aromatic rings. The van der Waals surface area contributed by atoms with Gasteiger partial charge >= 0.3 is 0 Å². The molecule has 10 heteroatoms. The van der Waals surface area contributed by atoms with Crippen LogP contribution in [-0.2, 0) is 0 Å². The van der Waals surface area contributed by atoms with Crippen molar-refractivity contribution in [3.8, 4) is 11.3 Å². The molecule has 0 spiro atoms. The molecule has 204 valence electrons. The van der Waals surface area contributed by atoms with Crippen LogP contribution >= 0.6 is 39.9 Å². The van der Waals surface area contributed by atoms with Crippen molar-refractivity contribution in [2.45, 2.75) is 28.8 Å². The van der Waals surface area contributed by atoms with Gasteiger partial charge in [-0.2, -0.15) is 0 Å². The number of hydrogen-bond donors (Lipinski definition) is 1. The third kappa shape index (κ3) is 5.63. The topological polar surface area (TPSA) is 84.4 Å². The van der Waals surface area contributed by atoms with Gasteiger partial charge in [-0.15, -0.1) is 0 Å². The molecule has 6 rings (SSSR count). The fourth-order valence-electron chi connectivity index (χ4n) is 4.85. The quantitative estimate of drug-likeness (QED) is 0.107. The molecule has 3 heterocycles. The molecule has 0 amide bonds. The van der Waals surface area contributed by atoms with Crippen LogP contribution in [-0.4, -0.2) is 15.0 Å². The molecule has 0 aliphatic carbocycles. The average molecular weight is 644 g/mol. The Kier molecular flexibility index (Phi) is 7.61. The molecule has 1 fully saturated rings. The van der Waals surface area contributed by atoms with Crippen LogP contribution in [0.5, 0.6) is 0 Å². The molecule has 41 heavy (non-hydrogen) atoms. The van der Waals surface area contributed by atoms with E-state index in [1.807, 2.05) is 54.6 Å². The Labute approximate surface area is 254 Å². The summed E-state index contributed by atoms with van der Waals surface area (Å²) in [7, 11) is 0. The predicted molar refractivity (Wildman–Crippen MR) is 168 cm³/mol. The van der Waals surface area contributed by atoms with Crippen LogP contribution in [0.2, 0.25) is 0 Å². The first kappa shape index (κ1) is 27.2. The monoisotopic (exact) mass is 642 g/mol. The van der Waals surface area contributed by atoms with Gasteiger partial charge in [0.15, 0.2) is 5.11 Å².